The first-order chi connectivity index (χ1) is 10.7. The summed E-state index contributed by atoms with van der Waals surface area (Å²) < 4.78 is 6.51. The van der Waals surface area contributed by atoms with Crippen molar-refractivity contribution < 1.29 is 9.53 Å². The molecule has 1 atom stereocenters. The number of benzene rings is 1. The van der Waals surface area contributed by atoms with Crippen molar-refractivity contribution in [2.75, 3.05) is 11.9 Å². The van der Waals surface area contributed by atoms with Crippen LogP contribution in [0.1, 0.15) is 11.1 Å². The van der Waals surface area contributed by atoms with Crippen LogP contribution in [0.2, 0.25) is 0 Å². The number of nitrogens with one attached hydrogen (secondary N) is 2. The second kappa shape index (κ2) is 6.89. The van der Waals surface area contributed by atoms with Crippen molar-refractivity contribution in [1.82, 2.24) is 10.3 Å². The third kappa shape index (κ3) is 3.64. The van der Waals surface area contributed by atoms with Crippen molar-refractivity contribution in [3.8, 4) is 0 Å². The highest BCUT2D eigenvalue weighted by molar-refractivity contribution is 9.10. The summed E-state index contributed by atoms with van der Waals surface area (Å²) in [4.78, 5) is 15.9. The van der Waals surface area contributed by atoms with Gasteiger partial charge in [-0.3, -0.25) is 4.98 Å². The molecule has 0 saturated carbocycles. The van der Waals surface area contributed by atoms with Gasteiger partial charge >= 0.3 is 6.03 Å². The van der Waals surface area contributed by atoms with Crippen molar-refractivity contribution >= 4 is 27.6 Å². The lowest BCUT2D eigenvalue weighted by atomic mass is 9.99. The van der Waals surface area contributed by atoms with Crippen molar-refractivity contribution in [2.45, 2.75) is 19.1 Å². The molecule has 2 aromatic rings. The minimum Gasteiger partial charge on any atom is -0.371 e. The lowest BCUT2D eigenvalue weighted by Crippen LogP contribution is -2.38. The summed E-state index contributed by atoms with van der Waals surface area (Å²) in [6, 6.07) is 9.71. The van der Waals surface area contributed by atoms with E-state index in [1.54, 1.807) is 18.5 Å². The number of urea groups is 1. The van der Waals surface area contributed by atoms with E-state index in [2.05, 4.69) is 43.7 Å². The van der Waals surface area contributed by atoms with Gasteiger partial charge in [-0.25, -0.2) is 4.79 Å². The molecule has 1 aliphatic heterocycles. The first kappa shape index (κ1) is 15.0. The minimum absolute atomic E-state index is 0.00142. The number of pyridine rings is 1. The average molecular weight is 362 g/mol. The number of nitrogens with zero attached hydrogens (tertiary/aromatic N) is 1. The summed E-state index contributed by atoms with van der Waals surface area (Å²) in [5.74, 6) is 0. The first-order valence-electron chi connectivity index (χ1n) is 7.05. The molecule has 3 rings (SSSR count). The highest BCUT2D eigenvalue weighted by Crippen LogP contribution is 2.21. The van der Waals surface area contributed by atoms with Gasteiger partial charge in [-0.2, -0.15) is 0 Å². The number of aromatic nitrogens is 1. The predicted molar refractivity (Wildman–Crippen MR) is 87.7 cm³/mol. The predicted octanol–water partition coefficient (Wildman–Crippen LogP) is 3.11. The first-order valence-corrected chi connectivity index (χ1v) is 7.84. The van der Waals surface area contributed by atoms with E-state index >= 15 is 0 Å². The maximum absolute atomic E-state index is 11.9. The maximum atomic E-state index is 11.9. The minimum atomic E-state index is -0.255. The van der Waals surface area contributed by atoms with Crippen LogP contribution in [0.3, 0.4) is 0 Å². The number of carbonyl (C=O) groups excluding carboxylic acids is 1. The van der Waals surface area contributed by atoms with Crippen molar-refractivity contribution in [3.63, 3.8) is 0 Å². The van der Waals surface area contributed by atoms with Crippen molar-refractivity contribution in [3.05, 3.63) is 58.3 Å². The molecule has 2 heterocycles. The zero-order valence-corrected chi connectivity index (χ0v) is 13.5. The Kier molecular flexibility index (Phi) is 4.70. The lowest BCUT2D eigenvalue weighted by Gasteiger charge is -2.25. The number of hydrogen-bond acceptors (Lipinski definition) is 3. The van der Waals surface area contributed by atoms with Crippen molar-refractivity contribution in [2.24, 2.45) is 0 Å². The number of fused-ring (bicyclic) bond motifs is 1. The van der Waals surface area contributed by atoms with Crippen LogP contribution in [0.4, 0.5) is 10.5 Å². The molecule has 0 spiro atoms. The van der Waals surface area contributed by atoms with Gasteiger partial charge in [0, 0.05) is 25.4 Å². The molecule has 22 heavy (non-hydrogen) atoms. The van der Waals surface area contributed by atoms with Gasteiger partial charge in [0.1, 0.15) is 0 Å². The number of halogens is 1. The second-order valence-electron chi connectivity index (χ2n) is 5.10. The SMILES string of the molecule is O=C(NC[C@@H]1Cc2ccccc2CO1)Nc1ccncc1Br. The highest BCUT2D eigenvalue weighted by Gasteiger charge is 2.19. The Balaban J connectivity index is 1.51. The smallest absolute Gasteiger partial charge is 0.319 e. The summed E-state index contributed by atoms with van der Waals surface area (Å²) in [6.07, 6.45) is 4.08. The highest BCUT2D eigenvalue weighted by atomic mass is 79.9. The van der Waals surface area contributed by atoms with Crippen LogP contribution in [-0.4, -0.2) is 23.7 Å². The summed E-state index contributed by atoms with van der Waals surface area (Å²) in [7, 11) is 0. The van der Waals surface area contributed by atoms with Gasteiger partial charge in [-0.1, -0.05) is 24.3 Å². The van der Waals surface area contributed by atoms with Gasteiger partial charge in [0.05, 0.1) is 22.9 Å². The number of hydrogen-bond donors (Lipinski definition) is 2. The van der Waals surface area contributed by atoms with Gasteiger partial charge in [-0.15, -0.1) is 0 Å². The summed E-state index contributed by atoms with van der Waals surface area (Å²) in [5.41, 5.74) is 3.20. The molecule has 0 saturated heterocycles. The van der Waals surface area contributed by atoms with Crippen LogP contribution in [0.15, 0.2) is 47.2 Å². The standard InChI is InChI=1S/C16H16BrN3O2/c17-14-9-18-6-5-15(14)20-16(21)19-8-13-7-11-3-1-2-4-12(11)10-22-13/h1-6,9,13H,7-8,10H2,(H2,18,19,20,21)/t13-/m0/s1. The van der Waals surface area contributed by atoms with Gasteiger partial charge < -0.3 is 15.4 Å². The number of carbonyl (C=O) groups is 1. The van der Waals surface area contributed by atoms with Gasteiger partial charge in [-0.05, 0) is 33.1 Å². The molecule has 1 aliphatic rings. The molecule has 6 heteroatoms. The van der Waals surface area contributed by atoms with E-state index in [0.717, 1.165) is 10.9 Å². The quantitative estimate of drug-likeness (QED) is 0.882. The monoisotopic (exact) mass is 361 g/mol. The zero-order chi connectivity index (χ0) is 15.4. The van der Waals surface area contributed by atoms with Gasteiger partial charge in [0.15, 0.2) is 0 Å². The van der Waals surface area contributed by atoms with E-state index in [4.69, 9.17) is 4.74 Å². The molecule has 2 N–H and O–H groups in total. The van der Waals surface area contributed by atoms with Crippen LogP contribution < -0.4 is 10.6 Å². The lowest BCUT2D eigenvalue weighted by molar-refractivity contribution is 0.0308. The number of anilines is 1. The summed E-state index contributed by atoms with van der Waals surface area (Å²) in [5, 5.41) is 5.62. The van der Waals surface area contributed by atoms with E-state index in [-0.39, 0.29) is 12.1 Å². The van der Waals surface area contributed by atoms with Crippen LogP contribution >= 0.6 is 15.9 Å². The molecule has 0 aliphatic carbocycles. The number of amides is 2. The van der Waals surface area contributed by atoms with Crippen LogP contribution in [0.25, 0.3) is 0 Å². The second-order valence-corrected chi connectivity index (χ2v) is 5.95. The fourth-order valence-electron chi connectivity index (χ4n) is 2.39. The molecule has 0 bridgehead atoms. The third-order valence-corrected chi connectivity index (χ3v) is 4.18. The molecule has 2 amide bonds. The number of rotatable bonds is 3. The van der Waals surface area contributed by atoms with E-state index < -0.39 is 0 Å². The Hall–Kier alpha value is -1.92. The Morgan fingerprint density at radius 3 is 2.95 bits per heavy atom. The van der Waals surface area contributed by atoms with Gasteiger partial charge in [0.25, 0.3) is 0 Å². The van der Waals surface area contributed by atoms with E-state index in [0.29, 0.717) is 18.8 Å². The zero-order valence-electron chi connectivity index (χ0n) is 11.9. The van der Waals surface area contributed by atoms with E-state index in [1.165, 1.54) is 11.1 Å². The molecule has 1 aromatic heterocycles. The molecular formula is C16H16BrN3O2. The average Bonchev–Trinajstić information content (AvgIpc) is 2.55. The molecular weight excluding hydrogens is 346 g/mol. The molecule has 0 radical (unpaired) electrons. The molecule has 114 valence electrons. The van der Waals surface area contributed by atoms with Gasteiger partial charge in [0.2, 0.25) is 0 Å². The Labute approximate surface area is 137 Å². The molecule has 1 aromatic carbocycles. The summed E-state index contributed by atoms with van der Waals surface area (Å²) >= 11 is 3.34. The van der Waals surface area contributed by atoms with Crippen LogP contribution in [0, 0.1) is 0 Å². The topological polar surface area (TPSA) is 63.2 Å². The summed E-state index contributed by atoms with van der Waals surface area (Å²) in [6.45, 7) is 1.07. The largest absolute Gasteiger partial charge is 0.371 e. The fourth-order valence-corrected chi connectivity index (χ4v) is 2.74. The third-order valence-electron chi connectivity index (χ3n) is 3.55. The molecule has 0 unspecified atom stereocenters. The van der Waals surface area contributed by atoms with Crippen molar-refractivity contribution in [1.29, 1.82) is 0 Å². The van der Waals surface area contributed by atoms with Crippen LogP contribution in [-0.2, 0) is 17.8 Å². The Morgan fingerprint density at radius 1 is 1.32 bits per heavy atom. The maximum Gasteiger partial charge on any atom is 0.319 e. The normalized spacial score (nSPS) is 16.7. The fraction of sp³-hybridized carbons (Fsp3) is 0.250. The van der Waals surface area contributed by atoms with E-state index in [1.807, 2.05) is 12.1 Å². The molecule has 0 fully saturated rings. The molecule has 5 nitrogen and oxygen atoms in total. The van der Waals surface area contributed by atoms with E-state index in [9.17, 15) is 4.79 Å². The number of ether oxygens (including phenoxy) is 1. The van der Waals surface area contributed by atoms with Crippen LogP contribution in [0.5, 0.6) is 0 Å². The Morgan fingerprint density at radius 2 is 2.14 bits per heavy atom. The Bertz CT molecular complexity index is 678.